The van der Waals surface area contributed by atoms with Gasteiger partial charge in [-0.1, -0.05) is 11.8 Å². The van der Waals surface area contributed by atoms with Gasteiger partial charge in [0, 0.05) is 37.7 Å². The zero-order chi connectivity index (χ0) is 23.5. The Morgan fingerprint density at radius 3 is 2.94 bits per heavy atom. The topological polar surface area (TPSA) is 171 Å². The highest BCUT2D eigenvalue weighted by atomic mass is 32.2. The van der Waals surface area contributed by atoms with Crippen molar-refractivity contribution in [2.24, 2.45) is 7.05 Å². The Morgan fingerprint density at radius 1 is 1.42 bits per heavy atom. The summed E-state index contributed by atoms with van der Waals surface area (Å²) < 4.78 is 1.51. The molecule has 4 heterocycles. The van der Waals surface area contributed by atoms with Crippen LogP contribution < -0.4 is 10.6 Å². The van der Waals surface area contributed by atoms with Gasteiger partial charge in [0.1, 0.15) is 17.1 Å². The molecule has 0 bridgehead atoms. The summed E-state index contributed by atoms with van der Waals surface area (Å²) in [6.45, 7) is 2.05. The summed E-state index contributed by atoms with van der Waals surface area (Å²) in [4.78, 5) is 44.5. The monoisotopic (exact) mass is 493 g/mol. The van der Waals surface area contributed by atoms with Crippen LogP contribution in [-0.2, 0) is 27.9 Å². The van der Waals surface area contributed by atoms with Crippen LogP contribution in [0, 0.1) is 0 Å². The zero-order valence-electron chi connectivity index (χ0n) is 17.9. The van der Waals surface area contributed by atoms with Gasteiger partial charge in [-0.3, -0.25) is 14.5 Å². The van der Waals surface area contributed by atoms with E-state index in [1.54, 1.807) is 13.2 Å². The summed E-state index contributed by atoms with van der Waals surface area (Å²) in [5, 5.41) is 27.1. The number of carboxylic acids is 1. The van der Waals surface area contributed by atoms with E-state index in [1.165, 1.54) is 40.0 Å². The van der Waals surface area contributed by atoms with Crippen LogP contribution in [0.15, 0.2) is 22.6 Å². The number of aliphatic carboxylic acids is 1. The lowest BCUT2D eigenvalue weighted by Gasteiger charge is -2.49. The highest BCUT2D eigenvalue weighted by Gasteiger charge is 2.53. The minimum atomic E-state index is -1.13. The van der Waals surface area contributed by atoms with Gasteiger partial charge in [-0.25, -0.2) is 14.5 Å². The molecule has 1 fully saturated rings. The van der Waals surface area contributed by atoms with Gasteiger partial charge >= 0.3 is 5.97 Å². The molecular formula is C18H23N9O4S2. The number of aromatic nitrogens is 6. The standard InChI is InChI=1S/C18H23N9O4S2/c1-9(28)19-5-3-4-11-6-20-17(21-11)22-12-14(29)27-13(16(30)31)10(7-32-15(12)27)8-33-18-23-24-25-26(18)2/h6,12,15H,3-5,7-8H2,1-2H3,(H,19,28)(H,30,31)(H2,20,21,22)/t12?,15-/m1/s1. The highest BCUT2D eigenvalue weighted by molar-refractivity contribution is 8.01. The predicted molar refractivity (Wildman–Crippen MR) is 120 cm³/mol. The number of carbonyl (C=O) groups excluding carboxylic acids is 2. The number of H-pyrrole nitrogens is 1. The van der Waals surface area contributed by atoms with E-state index in [0.29, 0.717) is 41.1 Å². The van der Waals surface area contributed by atoms with Crippen LogP contribution in [-0.4, -0.2) is 87.4 Å². The number of β-lactam (4-membered cyclic amide) rings is 1. The number of tetrazole rings is 1. The number of carbonyl (C=O) groups is 3. The largest absolute Gasteiger partial charge is 0.477 e. The summed E-state index contributed by atoms with van der Waals surface area (Å²) in [7, 11) is 1.71. The maximum Gasteiger partial charge on any atom is 0.352 e. The van der Waals surface area contributed by atoms with Crippen LogP contribution in [0.3, 0.4) is 0 Å². The van der Waals surface area contributed by atoms with Gasteiger partial charge in [-0.2, -0.15) is 0 Å². The maximum atomic E-state index is 12.9. The summed E-state index contributed by atoms with van der Waals surface area (Å²) in [5.74, 6) is -0.187. The van der Waals surface area contributed by atoms with Crippen molar-refractivity contribution in [1.29, 1.82) is 0 Å². The van der Waals surface area contributed by atoms with Crippen LogP contribution in [0.1, 0.15) is 19.0 Å². The molecule has 0 aliphatic carbocycles. The van der Waals surface area contributed by atoms with E-state index in [9.17, 15) is 19.5 Å². The number of hydrogen-bond acceptors (Lipinski definition) is 10. The first-order valence-corrected chi connectivity index (χ1v) is 12.2. The Bertz CT molecular complexity index is 1100. The second kappa shape index (κ2) is 9.82. The molecule has 2 aromatic heterocycles. The molecule has 0 spiro atoms. The molecule has 2 aromatic rings. The molecule has 2 amide bonds. The van der Waals surface area contributed by atoms with E-state index in [1.807, 2.05) is 0 Å². The van der Waals surface area contributed by atoms with E-state index in [0.717, 1.165) is 12.1 Å². The molecule has 0 aromatic carbocycles. The van der Waals surface area contributed by atoms with Crippen LogP contribution in [0.5, 0.6) is 0 Å². The molecule has 0 saturated carbocycles. The van der Waals surface area contributed by atoms with Gasteiger partial charge < -0.3 is 20.7 Å². The van der Waals surface area contributed by atoms with Gasteiger partial charge in [-0.05, 0) is 28.8 Å². The number of imidazole rings is 1. The Hall–Kier alpha value is -3.07. The van der Waals surface area contributed by atoms with Gasteiger partial charge in [0.05, 0.1) is 6.20 Å². The number of thioether (sulfide) groups is 2. The number of rotatable bonds is 10. The molecule has 1 saturated heterocycles. The van der Waals surface area contributed by atoms with Gasteiger partial charge in [0.25, 0.3) is 5.91 Å². The lowest BCUT2D eigenvalue weighted by atomic mass is 10.0. The lowest BCUT2D eigenvalue weighted by molar-refractivity contribution is -0.147. The minimum absolute atomic E-state index is 0.0301. The van der Waals surface area contributed by atoms with Crippen molar-refractivity contribution in [3.8, 4) is 0 Å². The Kier molecular flexibility index (Phi) is 6.88. The zero-order valence-corrected chi connectivity index (χ0v) is 19.6. The molecule has 2 aliphatic heterocycles. The average Bonchev–Trinajstić information content (AvgIpc) is 3.41. The molecule has 1 unspecified atom stereocenters. The molecule has 15 heteroatoms. The molecular weight excluding hydrogens is 470 g/mol. The van der Waals surface area contributed by atoms with Crippen LogP contribution in [0.2, 0.25) is 0 Å². The van der Waals surface area contributed by atoms with Crippen LogP contribution >= 0.6 is 23.5 Å². The Labute approximate surface area is 197 Å². The van der Waals surface area contributed by atoms with E-state index in [2.05, 4.69) is 36.1 Å². The number of carboxylic acid groups (broad SMARTS) is 1. The minimum Gasteiger partial charge on any atom is -0.477 e. The maximum absolute atomic E-state index is 12.9. The SMILES string of the molecule is CC(=O)NCCCc1cnc(NC2C(=O)N3C(C(=O)O)=C(CSc4nnnn4C)CS[C@H]23)[nH]1. The van der Waals surface area contributed by atoms with Crippen molar-refractivity contribution in [1.82, 2.24) is 40.4 Å². The molecule has 2 aliphatic rings. The molecule has 2 atom stereocenters. The van der Waals surface area contributed by atoms with Gasteiger partial charge in [0.2, 0.25) is 17.0 Å². The van der Waals surface area contributed by atoms with Crippen LogP contribution in [0.4, 0.5) is 5.95 Å². The van der Waals surface area contributed by atoms with E-state index in [-0.39, 0.29) is 22.9 Å². The van der Waals surface area contributed by atoms with E-state index in [4.69, 9.17) is 0 Å². The molecule has 0 radical (unpaired) electrons. The predicted octanol–water partition coefficient (Wildman–Crippen LogP) is -0.171. The van der Waals surface area contributed by atoms with Crippen LogP contribution in [0.25, 0.3) is 0 Å². The fourth-order valence-electron chi connectivity index (χ4n) is 3.54. The number of nitrogens with one attached hydrogen (secondary N) is 3. The first-order valence-electron chi connectivity index (χ1n) is 10.1. The molecule has 13 nitrogen and oxygen atoms in total. The average molecular weight is 494 g/mol. The third-order valence-corrected chi connectivity index (χ3v) is 7.56. The van der Waals surface area contributed by atoms with E-state index >= 15 is 0 Å². The molecule has 4 N–H and O–H groups in total. The third-order valence-electron chi connectivity index (χ3n) is 5.12. The highest BCUT2D eigenvalue weighted by Crippen LogP contribution is 2.42. The van der Waals surface area contributed by atoms with Gasteiger partial charge in [-0.15, -0.1) is 16.9 Å². The van der Waals surface area contributed by atoms with Crippen molar-refractivity contribution in [2.45, 2.75) is 36.3 Å². The number of nitrogens with zero attached hydrogens (tertiary/aromatic N) is 6. The Morgan fingerprint density at radius 2 is 2.24 bits per heavy atom. The number of amides is 2. The second-order valence-electron chi connectivity index (χ2n) is 7.51. The van der Waals surface area contributed by atoms with Crippen molar-refractivity contribution in [3.05, 3.63) is 23.2 Å². The quantitative estimate of drug-likeness (QED) is 0.197. The summed E-state index contributed by atoms with van der Waals surface area (Å²) in [6, 6.07) is -0.570. The van der Waals surface area contributed by atoms with Crippen molar-refractivity contribution < 1.29 is 19.5 Å². The number of aromatic amines is 1. The van der Waals surface area contributed by atoms with Crippen molar-refractivity contribution in [2.75, 3.05) is 23.4 Å². The number of anilines is 1. The fourth-order valence-corrected chi connectivity index (χ4v) is 5.87. The normalized spacial score (nSPS) is 19.8. The number of aryl methyl sites for hydroxylation is 2. The summed E-state index contributed by atoms with van der Waals surface area (Å²) in [5.41, 5.74) is 1.57. The van der Waals surface area contributed by atoms with Gasteiger partial charge in [0.15, 0.2) is 0 Å². The van der Waals surface area contributed by atoms with Crippen molar-refractivity contribution >= 4 is 47.3 Å². The second-order valence-corrected chi connectivity index (χ2v) is 9.55. The molecule has 33 heavy (non-hydrogen) atoms. The van der Waals surface area contributed by atoms with Crippen molar-refractivity contribution in [3.63, 3.8) is 0 Å². The first-order chi connectivity index (χ1) is 15.8. The summed E-state index contributed by atoms with van der Waals surface area (Å²) in [6.07, 6.45) is 3.14. The molecule has 4 rings (SSSR count). The molecule has 176 valence electrons. The first kappa shape index (κ1) is 23.1. The number of hydrogen-bond donors (Lipinski definition) is 4. The lowest BCUT2D eigenvalue weighted by Crippen LogP contribution is -2.67. The smallest absolute Gasteiger partial charge is 0.352 e. The Balaban J connectivity index is 1.37. The van der Waals surface area contributed by atoms with E-state index < -0.39 is 12.0 Å². The fraction of sp³-hybridized carbons (Fsp3) is 0.500. The third kappa shape index (κ3) is 4.98. The number of fused-ring (bicyclic) bond motifs is 1. The summed E-state index contributed by atoms with van der Waals surface area (Å²) >= 11 is 2.84.